The molecule has 0 spiro atoms. The molecule has 1 unspecified atom stereocenters. The Hall–Kier alpha value is -2.41. The molecule has 0 aliphatic heterocycles. The second kappa shape index (κ2) is 8.14. The van der Waals surface area contributed by atoms with Gasteiger partial charge in [-0.1, -0.05) is 19.1 Å². The zero-order valence-corrected chi connectivity index (χ0v) is 18.0. The first-order valence-corrected chi connectivity index (χ1v) is 9.94. The van der Waals surface area contributed by atoms with E-state index in [1.807, 2.05) is 37.4 Å². The number of hydrogen-bond acceptors (Lipinski definition) is 4. The Labute approximate surface area is 177 Å². The fourth-order valence-corrected chi connectivity index (χ4v) is 4.52. The van der Waals surface area contributed by atoms with E-state index in [9.17, 15) is 9.18 Å². The van der Waals surface area contributed by atoms with Crippen LogP contribution in [0.1, 0.15) is 24.0 Å². The van der Waals surface area contributed by atoms with Gasteiger partial charge in [0.2, 0.25) is 0 Å². The van der Waals surface area contributed by atoms with Crippen LogP contribution >= 0.6 is 23.7 Å². The third kappa shape index (κ3) is 3.41. The minimum atomic E-state index is -0.294. The molecule has 0 saturated heterocycles. The molecule has 0 aliphatic rings. The van der Waals surface area contributed by atoms with Crippen molar-refractivity contribution in [2.24, 2.45) is 5.73 Å². The zero-order chi connectivity index (χ0) is 20.0. The number of aromatic amines is 1. The lowest BCUT2D eigenvalue weighted by Crippen LogP contribution is -2.10. The average Bonchev–Trinajstić information content (AvgIpc) is 3.18. The molecule has 0 radical (unpaired) electrons. The molecule has 2 aromatic carbocycles. The number of nitrogens with one attached hydrogen (secondary N) is 1. The lowest BCUT2D eigenvalue weighted by molar-refractivity contribution is 0.416. The minimum Gasteiger partial charge on any atom is -0.496 e. The molecular formula is C22H22ClFN2O2S. The quantitative estimate of drug-likeness (QED) is 0.456. The molecule has 4 nitrogen and oxygen atoms in total. The first-order valence-electron chi connectivity index (χ1n) is 9.07. The Bertz CT molecular complexity index is 1270. The van der Waals surface area contributed by atoms with Gasteiger partial charge >= 0.3 is 0 Å². The second-order valence-electron chi connectivity index (χ2n) is 7.01. The lowest BCUT2D eigenvalue weighted by Gasteiger charge is -2.17. The Morgan fingerprint density at radius 3 is 2.69 bits per heavy atom. The van der Waals surface area contributed by atoms with E-state index in [1.54, 1.807) is 13.2 Å². The van der Waals surface area contributed by atoms with Gasteiger partial charge in [-0.3, -0.25) is 4.79 Å². The van der Waals surface area contributed by atoms with Gasteiger partial charge in [-0.15, -0.1) is 23.7 Å². The molecule has 1 atom stereocenters. The number of ether oxygens (including phenoxy) is 1. The number of fused-ring (bicyclic) bond motifs is 3. The van der Waals surface area contributed by atoms with Crippen molar-refractivity contribution in [1.29, 1.82) is 0 Å². The van der Waals surface area contributed by atoms with E-state index < -0.39 is 0 Å². The fraction of sp³-hybridized carbons (Fsp3) is 0.227. The van der Waals surface area contributed by atoms with Crippen LogP contribution in [0.25, 0.3) is 32.1 Å². The average molecular weight is 433 g/mol. The molecule has 29 heavy (non-hydrogen) atoms. The zero-order valence-electron chi connectivity index (χ0n) is 16.3. The van der Waals surface area contributed by atoms with Crippen molar-refractivity contribution in [1.82, 2.24) is 4.98 Å². The summed E-state index contributed by atoms with van der Waals surface area (Å²) in [4.78, 5) is 15.5. The predicted molar refractivity (Wildman–Crippen MR) is 121 cm³/mol. The smallest absolute Gasteiger partial charge is 0.266 e. The van der Waals surface area contributed by atoms with Gasteiger partial charge < -0.3 is 15.5 Å². The van der Waals surface area contributed by atoms with Crippen LogP contribution in [-0.2, 0) is 0 Å². The molecular weight excluding hydrogens is 411 g/mol. The third-order valence-corrected chi connectivity index (χ3v) is 6.17. The molecule has 0 amide bonds. The summed E-state index contributed by atoms with van der Waals surface area (Å²) in [5, 5.41) is 3.61. The normalized spacial score (nSPS) is 12.2. The van der Waals surface area contributed by atoms with Crippen LogP contribution in [0.5, 0.6) is 5.75 Å². The maximum atomic E-state index is 14.9. The number of aromatic nitrogens is 1. The minimum absolute atomic E-state index is 0. The van der Waals surface area contributed by atoms with Crippen molar-refractivity contribution >= 4 is 44.7 Å². The number of H-pyrrole nitrogens is 1. The topological polar surface area (TPSA) is 68.1 Å². The van der Waals surface area contributed by atoms with E-state index in [1.165, 1.54) is 17.4 Å². The van der Waals surface area contributed by atoms with Gasteiger partial charge in [-0.2, -0.15) is 0 Å². The number of halogens is 2. The number of pyridine rings is 1. The number of thiophene rings is 1. The Morgan fingerprint density at radius 2 is 2.03 bits per heavy atom. The highest BCUT2D eigenvalue weighted by Crippen LogP contribution is 2.42. The fourth-order valence-electron chi connectivity index (χ4n) is 3.73. The van der Waals surface area contributed by atoms with Crippen LogP contribution in [0.3, 0.4) is 0 Å². The summed E-state index contributed by atoms with van der Waals surface area (Å²) in [7, 11) is 1.60. The molecule has 0 bridgehead atoms. The van der Waals surface area contributed by atoms with Crippen molar-refractivity contribution in [3.8, 4) is 16.9 Å². The molecule has 0 fully saturated rings. The summed E-state index contributed by atoms with van der Waals surface area (Å²) in [5.41, 5.74) is 9.29. The maximum absolute atomic E-state index is 14.9. The first kappa shape index (κ1) is 21.3. The van der Waals surface area contributed by atoms with Gasteiger partial charge in [0, 0.05) is 16.3 Å². The maximum Gasteiger partial charge on any atom is 0.266 e. The van der Waals surface area contributed by atoms with Crippen LogP contribution in [0.15, 0.2) is 40.5 Å². The van der Waals surface area contributed by atoms with E-state index >= 15 is 0 Å². The molecule has 7 heteroatoms. The number of aryl methyl sites for hydroxylation is 1. The Kier molecular flexibility index (Phi) is 5.98. The first-order chi connectivity index (χ1) is 13.5. The van der Waals surface area contributed by atoms with E-state index in [-0.39, 0.29) is 29.7 Å². The molecule has 0 saturated carbocycles. The van der Waals surface area contributed by atoms with Gasteiger partial charge in [0.1, 0.15) is 16.3 Å². The predicted octanol–water partition coefficient (Wildman–Crippen LogP) is 5.35. The number of methoxy groups -OCH3 is 1. The third-order valence-electron chi connectivity index (χ3n) is 5.26. The van der Waals surface area contributed by atoms with Gasteiger partial charge in [0.15, 0.2) is 0 Å². The van der Waals surface area contributed by atoms with Crippen molar-refractivity contribution in [3.05, 3.63) is 63.0 Å². The van der Waals surface area contributed by atoms with Crippen molar-refractivity contribution < 1.29 is 9.13 Å². The summed E-state index contributed by atoms with van der Waals surface area (Å²) in [6.45, 7) is 4.21. The van der Waals surface area contributed by atoms with E-state index in [0.29, 0.717) is 28.1 Å². The second-order valence-corrected chi connectivity index (χ2v) is 7.93. The molecule has 2 heterocycles. The molecule has 4 rings (SSSR count). The lowest BCUT2D eigenvalue weighted by atomic mass is 9.92. The number of rotatable bonds is 4. The summed E-state index contributed by atoms with van der Waals surface area (Å²) in [6.07, 6.45) is 0. The number of hydrogen-bond donors (Lipinski definition) is 2. The van der Waals surface area contributed by atoms with Crippen molar-refractivity contribution in [3.63, 3.8) is 0 Å². The molecule has 4 aromatic rings. The summed E-state index contributed by atoms with van der Waals surface area (Å²) in [6, 6.07) is 9.00. The summed E-state index contributed by atoms with van der Waals surface area (Å²) in [5.74, 6) is 0.284. The Balaban J connectivity index is 0.00000240. The largest absolute Gasteiger partial charge is 0.496 e. The molecule has 152 valence electrons. The number of benzene rings is 2. The van der Waals surface area contributed by atoms with Gasteiger partial charge in [-0.05, 0) is 59.7 Å². The highest BCUT2D eigenvalue weighted by atomic mass is 35.5. The molecule has 3 N–H and O–H groups in total. The van der Waals surface area contributed by atoms with Gasteiger partial charge in [0.25, 0.3) is 5.56 Å². The number of nitrogens with two attached hydrogens (primary N) is 1. The van der Waals surface area contributed by atoms with Crippen LogP contribution in [0, 0.1) is 12.7 Å². The van der Waals surface area contributed by atoms with Crippen LogP contribution in [0.2, 0.25) is 0 Å². The SMILES string of the molecule is COc1cc(C)c2[nH]c(=O)c3sccc3c2c1-c1ccc(C(C)CN)c(F)c1.Cl. The standard InChI is InChI=1S/C22H21FN2O2S.ClH/c1-11-8-17(27-3)18(13-4-5-14(12(2)10-24)16(23)9-13)19-15-6-7-28-21(15)22(26)25-20(11)19;/h4-9,12H,10,24H2,1-3H3,(H,25,26);1H. The van der Waals surface area contributed by atoms with Crippen LogP contribution < -0.4 is 16.0 Å². The van der Waals surface area contributed by atoms with E-state index in [4.69, 9.17) is 10.5 Å². The van der Waals surface area contributed by atoms with Crippen molar-refractivity contribution in [2.45, 2.75) is 19.8 Å². The summed E-state index contributed by atoms with van der Waals surface area (Å²) < 4.78 is 21.2. The van der Waals surface area contributed by atoms with E-state index in [2.05, 4.69) is 4.98 Å². The van der Waals surface area contributed by atoms with Crippen LogP contribution in [-0.4, -0.2) is 18.6 Å². The Morgan fingerprint density at radius 1 is 1.28 bits per heavy atom. The molecule has 2 aromatic heterocycles. The van der Waals surface area contributed by atoms with Gasteiger partial charge in [-0.25, -0.2) is 4.39 Å². The monoisotopic (exact) mass is 432 g/mol. The van der Waals surface area contributed by atoms with Crippen molar-refractivity contribution in [2.75, 3.05) is 13.7 Å². The van der Waals surface area contributed by atoms with E-state index in [0.717, 1.165) is 27.4 Å². The van der Waals surface area contributed by atoms with Crippen LogP contribution in [0.4, 0.5) is 4.39 Å². The highest BCUT2D eigenvalue weighted by Gasteiger charge is 2.20. The molecule has 0 aliphatic carbocycles. The van der Waals surface area contributed by atoms with Gasteiger partial charge in [0.05, 0.1) is 12.6 Å². The highest BCUT2D eigenvalue weighted by molar-refractivity contribution is 7.17. The summed E-state index contributed by atoms with van der Waals surface area (Å²) >= 11 is 1.39.